The van der Waals surface area contributed by atoms with Gasteiger partial charge in [0.25, 0.3) is 0 Å². The van der Waals surface area contributed by atoms with Gasteiger partial charge in [-0.05, 0) is 25.5 Å². The summed E-state index contributed by atoms with van der Waals surface area (Å²) in [5.74, 6) is 0.302. The molecule has 2 rings (SSSR count). The Morgan fingerprint density at radius 3 is 3.14 bits per heavy atom. The van der Waals surface area contributed by atoms with Gasteiger partial charge >= 0.3 is 0 Å². The lowest BCUT2D eigenvalue weighted by molar-refractivity contribution is 0.0894. The van der Waals surface area contributed by atoms with E-state index < -0.39 is 0 Å². The minimum atomic E-state index is 0.124. The first-order valence-corrected chi connectivity index (χ1v) is 5.02. The molecule has 4 heteroatoms. The summed E-state index contributed by atoms with van der Waals surface area (Å²) in [7, 11) is 1.83. The lowest BCUT2D eigenvalue weighted by Gasteiger charge is -2.20. The second-order valence-corrected chi connectivity index (χ2v) is 3.78. The highest BCUT2D eigenvalue weighted by Gasteiger charge is 2.23. The summed E-state index contributed by atoms with van der Waals surface area (Å²) in [6.45, 7) is 1.83. The van der Waals surface area contributed by atoms with Crippen LogP contribution >= 0.6 is 0 Å². The molecule has 0 spiro atoms. The summed E-state index contributed by atoms with van der Waals surface area (Å²) >= 11 is 0. The third kappa shape index (κ3) is 1.85. The number of piperidine rings is 1. The van der Waals surface area contributed by atoms with E-state index in [9.17, 15) is 4.79 Å². The van der Waals surface area contributed by atoms with Crippen LogP contribution < -0.4 is 5.32 Å². The number of nitrogens with zero attached hydrogens (tertiary/aromatic N) is 2. The zero-order valence-electron chi connectivity index (χ0n) is 8.36. The Morgan fingerprint density at radius 2 is 2.57 bits per heavy atom. The quantitative estimate of drug-likeness (QED) is 0.700. The van der Waals surface area contributed by atoms with Crippen LogP contribution in [0.3, 0.4) is 0 Å². The number of ketones is 1. The average molecular weight is 193 g/mol. The minimum absolute atomic E-state index is 0.124. The number of hydrogen-bond acceptors (Lipinski definition) is 3. The maximum atomic E-state index is 11.9. The van der Waals surface area contributed by atoms with Gasteiger partial charge in [0.2, 0.25) is 0 Å². The Balaban J connectivity index is 2.07. The van der Waals surface area contributed by atoms with Crippen LogP contribution in [-0.4, -0.2) is 28.7 Å². The molecule has 14 heavy (non-hydrogen) atoms. The molecule has 4 nitrogen and oxygen atoms in total. The summed E-state index contributed by atoms with van der Waals surface area (Å²) in [4.78, 5) is 11.9. The highest BCUT2D eigenvalue weighted by atomic mass is 16.1. The van der Waals surface area contributed by atoms with Gasteiger partial charge in [-0.3, -0.25) is 9.48 Å². The molecule has 1 unspecified atom stereocenters. The number of aryl methyl sites for hydroxylation is 1. The first kappa shape index (κ1) is 9.40. The lowest BCUT2D eigenvalue weighted by atomic mass is 9.93. The van der Waals surface area contributed by atoms with Crippen molar-refractivity contribution in [1.29, 1.82) is 0 Å². The van der Waals surface area contributed by atoms with Gasteiger partial charge in [-0.1, -0.05) is 0 Å². The molecule has 1 N–H and O–H groups in total. The number of hydrogen-bond donors (Lipinski definition) is 1. The minimum Gasteiger partial charge on any atom is -0.316 e. The third-order valence-electron chi connectivity index (χ3n) is 2.63. The summed E-state index contributed by atoms with van der Waals surface area (Å²) in [5, 5.41) is 7.36. The van der Waals surface area contributed by atoms with Crippen molar-refractivity contribution < 1.29 is 4.79 Å². The van der Waals surface area contributed by atoms with Gasteiger partial charge in [-0.15, -0.1) is 0 Å². The summed E-state index contributed by atoms with van der Waals surface area (Å²) < 4.78 is 1.67. The van der Waals surface area contributed by atoms with Gasteiger partial charge in [0.15, 0.2) is 5.78 Å². The second kappa shape index (κ2) is 3.92. The van der Waals surface area contributed by atoms with Gasteiger partial charge in [-0.25, -0.2) is 0 Å². The van der Waals surface area contributed by atoms with Crippen LogP contribution in [0.2, 0.25) is 0 Å². The molecule has 0 aliphatic carbocycles. The Bertz CT molecular complexity index is 326. The number of Topliss-reactive ketones (excluding diaryl/α,β-unsaturated/α-hetero) is 1. The van der Waals surface area contributed by atoms with Gasteiger partial charge in [-0.2, -0.15) is 5.10 Å². The Hall–Kier alpha value is -1.16. The summed E-state index contributed by atoms with van der Waals surface area (Å²) in [6, 6.07) is 1.79. The third-order valence-corrected chi connectivity index (χ3v) is 2.63. The van der Waals surface area contributed by atoms with E-state index in [0.29, 0.717) is 5.69 Å². The molecular formula is C10H15N3O. The van der Waals surface area contributed by atoms with Crippen molar-refractivity contribution in [2.75, 3.05) is 13.1 Å². The molecular weight excluding hydrogens is 178 g/mol. The van der Waals surface area contributed by atoms with Crippen LogP contribution in [0.25, 0.3) is 0 Å². The molecule has 0 bridgehead atoms. The molecule has 0 radical (unpaired) electrons. The topological polar surface area (TPSA) is 46.9 Å². The predicted molar refractivity (Wildman–Crippen MR) is 53.1 cm³/mol. The molecule has 0 aromatic carbocycles. The van der Waals surface area contributed by atoms with E-state index in [1.54, 1.807) is 10.7 Å². The van der Waals surface area contributed by atoms with Crippen molar-refractivity contribution in [1.82, 2.24) is 15.1 Å². The molecule has 2 heterocycles. The van der Waals surface area contributed by atoms with Crippen molar-refractivity contribution in [3.8, 4) is 0 Å². The number of aromatic nitrogens is 2. The van der Waals surface area contributed by atoms with Crippen LogP contribution in [0.5, 0.6) is 0 Å². The van der Waals surface area contributed by atoms with Crippen molar-refractivity contribution >= 4 is 5.78 Å². The molecule has 1 saturated heterocycles. The van der Waals surface area contributed by atoms with E-state index in [1.807, 2.05) is 13.2 Å². The molecule has 76 valence electrons. The van der Waals surface area contributed by atoms with Crippen molar-refractivity contribution in [3.05, 3.63) is 18.0 Å². The van der Waals surface area contributed by atoms with Crippen LogP contribution in [0.15, 0.2) is 12.3 Å². The average Bonchev–Trinajstić information content (AvgIpc) is 2.65. The number of rotatable bonds is 2. The summed E-state index contributed by atoms with van der Waals surface area (Å²) in [6.07, 6.45) is 3.88. The van der Waals surface area contributed by atoms with Crippen LogP contribution in [0, 0.1) is 5.92 Å². The Labute approximate surface area is 83.3 Å². The van der Waals surface area contributed by atoms with E-state index in [4.69, 9.17) is 0 Å². The predicted octanol–water partition coefficient (Wildman–Crippen LogP) is 0.602. The first-order valence-electron chi connectivity index (χ1n) is 5.02. The fourth-order valence-corrected chi connectivity index (χ4v) is 1.83. The highest BCUT2D eigenvalue weighted by Crippen LogP contribution is 2.15. The van der Waals surface area contributed by atoms with Crippen molar-refractivity contribution in [2.45, 2.75) is 12.8 Å². The molecule has 0 amide bonds. The van der Waals surface area contributed by atoms with E-state index in [1.165, 1.54) is 0 Å². The van der Waals surface area contributed by atoms with E-state index in [-0.39, 0.29) is 11.7 Å². The fraction of sp³-hybridized carbons (Fsp3) is 0.600. The van der Waals surface area contributed by atoms with E-state index >= 15 is 0 Å². The molecule has 1 aromatic rings. The Kier molecular flexibility index (Phi) is 2.63. The Morgan fingerprint density at radius 1 is 1.71 bits per heavy atom. The lowest BCUT2D eigenvalue weighted by Crippen LogP contribution is -2.34. The van der Waals surface area contributed by atoms with Gasteiger partial charge in [0.05, 0.1) is 0 Å². The first-order chi connectivity index (χ1) is 6.77. The molecule has 1 aromatic heterocycles. The fourth-order valence-electron chi connectivity index (χ4n) is 1.83. The zero-order chi connectivity index (χ0) is 9.97. The smallest absolute Gasteiger partial charge is 0.187 e. The number of nitrogens with one attached hydrogen (secondary N) is 1. The van der Waals surface area contributed by atoms with Gasteiger partial charge < -0.3 is 5.32 Å². The van der Waals surface area contributed by atoms with Crippen molar-refractivity contribution in [2.24, 2.45) is 13.0 Å². The second-order valence-electron chi connectivity index (χ2n) is 3.78. The number of carbonyl (C=O) groups excluding carboxylic acids is 1. The van der Waals surface area contributed by atoms with Crippen LogP contribution in [0.1, 0.15) is 23.3 Å². The molecule has 1 fully saturated rings. The maximum Gasteiger partial charge on any atom is 0.187 e. The van der Waals surface area contributed by atoms with Crippen LogP contribution in [-0.2, 0) is 7.05 Å². The molecule has 1 atom stereocenters. The van der Waals surface area contributed by atoms with E-state index in [0.717, 1.165) is 25.9 Å². The normalized spacial score (nSPS) is 22.2. The molecule has 1 aliphatic rings. The zero-order valence-corrected chi connectivity index (χ0v) is 8.36. The molecule has 1 aliphatic heterocycles. The van der Waals surface area contributed by atoms with Crippen molar-refractivity contribution in [3.63, 3.8) is 0 Å². The highest BCUT2D eigenvalue weighted by molar-refractivity contribution is 5.96. The summed E-state index contributed by atoms with van der Waals surface area (Å²) in [5.41, 5.74) is 0.598. The largest absolute Gasteiger partial charge is 0.316 e. The van der Waals surface area contributed by atoms with Gasteiger partial charge in [0.1, 0.15) is 5.69 Å². The number of carbonyl (C=O) groups is 1. The molecule has 0 saturated carbocycles. The van der Waals surface area contributed by atoms with Gasteiger partial charge in [0, 0.05) is 25.7 Å². The monoisotopic (exact) mass is 193 g/mol. The van der Waals surface area contributed by atoms with E-state index in [2.05, 4.69) is 10.4 Å². The standard InChI is InChI=1S/C10H15N3O/c1-13-6-4-9(12-13)10(14)8-3-2-5-11-7-8/h4,6,8,11H,2-3,5,7H2,1H3. The SMILES string of the molecule is Cn1ccc(C(=O)C2CCCNC2)n1. The maximum absolute atomic E-state index is 11.9. The van der Waals surface area contributed by atoms with Crippen LogP contribution in [0.4, 0.5) is 0 Å².